The molecule has 0 aromatic heterocycles. The summed E-state index contributed by atoms with van der Waals surface area (Å²) in [6, 6.07) is 12.0. The first kappa shape index (κ1) is 19.5. The Labute approximate surface area is 167 Å². The summed E-state index contributed by atoms with van der Waals surface area (Å²) >= 11 is 12.2. The summed E-state index contributed by atoms with van der Waals surface area (Å²) in [7, 11) is 0. The number of nitrogens with zero attached hydrogens (tertiary/aromatic N) is 1. The molecule has 1 fully saturated rings. The van der Waals surface area contributed by atoms with Gasteiger partial charge in [0.05, 0.1) is 30.3 Å². The molecule has 142 valence electrons. The molecule has 27 heavy (non-hydrogen) atoms. The molecular formula is C19H19Cl2N3O3. The maximum absolute atomic E-state index is 12.5. The Balaban J connectivity index is 1.57. The van der Waals surface area contributed by atoms with E-state index >= 15 is 0 Å². The molecule has 0 spiro atoms. The maximum Gasteiger partial charge on any atom is 0.255 e. The zero-order valence-electron chi connectivity index (χ0n) is 14.5. The van der Waals surface area contributed by atoms with E-state index in [4.69, 9.17) is 27.9 Å². The first-order valence-electron chi connectivity index (χ1n) is 8.49. The van der Waals surface area contributed by atoms with Crippen LogP contribution in [0.1, 0.15) is 10.4 Å². The van der Waals surface area contributed by atoms with Gasteiger partial charge in [-0.25, -0.2) is 0 Å². The first-order valence-corrected chi connectivity index (χ1v) is 9.24. The summed E-state index contributed by atoms with van der Waals surface area (Å²) in [5, 5.41) is 6.63. The van der Waals surface area contributed by atoms with Gasteiger partial charge in [-0.15, -0.1) is 0 Å². The van der Waals surface area contributed by atoms with Crippen molar-refractivity contribution in [3.05, 3.63) is 58.1 Å². The molecule has 8 heteroatoms. The van der Waals surface area contributed by atoms with E-state index in [1.807, 2.05) is 0 Å². The number of anilines is 2. The number of nitrogens with one attached hydrogen (secondary N) is 2. The third kappa shape index (κ3) is 5.35. The van der Waals surface area contributed by atoms with E-state index < -0.39 is 0 Å². The van der Waals surface area contributed by atoms with Crippen molar-refractivity contribution in [2.24, 2.45) is 0 Å². The zero-order valence-corrected chi connectivity index (χ0v) is 16.0. The minimum absolute atomic E-state index is 0.0552. The van der Waals surface area contributed by atoms with Gasteiger partial charge in [0.1, 0.15) is 0 Å². The lowest BCUT2D eigenvalue weighted by Gasteiger charge is -2.27. The van der Waals surface area contributed by atoms with Crippen LogP contribution in [0.2, 0.25) is 10.0 Å². The fraction of sp³-hybridized carbons (Fsp3) is 0.263. The van der Waals surface area contributed by atoms with Crippen molar-refractivity contribution >= 4 is 46.4 Å². The van der Waals surface area contributed by atoms with Crippen LogP contribution >= 0.6 is 23.2 Å². The van der Waals surface area contributed by atoms with E-state index in [2.05, 4.69) is 10.6 Å². The van der Waals surface area contributed by atoms with Gasteiger partial charge in [0.2, 0.25) is 5.91 Å². The second kappa shape index (κ2) is 9.08. The molecule has 2 aromatic carbocycles. The topological polar surface area (TPSA) is 70.7 Å². The number of benzene rings is 2. The van der Waals surface area contributed by atoms with Crippen molar-refractivity contribution in [2.45, 2.75) is 0 Å². The van der Waals surface area contributed by atoms with Gasteiger partial charge in [-0.3, -0.25) is 9.59 Å². The van der Waals surface area contributed by atoms with E-state index in [0.29, 0.717) is 53.3 Å². The van der Waals surface area contributed by atoms with Crippen LogP contribution in [0.5, 0.6) is 0 Å². The summed E-state index contributed by atoms with van der Waals surface area (Å²) < 4.78 is 5.26. The molecule has 0 unspecified atom stereocenters. The molecule has 0 atom stereocenters. The number of rotatable bonds is 5. The van der Waals surface area contributed by atoms with Gasteiger partial charge in [-0.2, -0.15) is 0 Å². The highest BCUT2D eigenvalue weighted by molar-refractivity contribution is 6.34. The van der Waals surface area contributed by atoms with E-state index in [0.717, 1.165) is 0 Å². The minimum Gasteiger partial charge on any atom is -0.378 e. The second-order valence-corrected chi connectivity index (χ2v) is 6.85. The molecule has 1 aliphatic heterocycles. The predicted octanol–water partition coefficient (Wildman–Crippen LogP) is 3.52. The Morgan fingerprint density at radius 1 is 1.04 bits per heavy atom. The molecule has 2 N–H and O–H groups in total. The van der Waals surface area contributed by atoms with Crippen LogP contribution in [-0.4, -0.2) is 49.6 Å². The van der Waals surface area contributed by atoms with Gasteiger partial charge in [0, 0.05) is 29.5 Å². The lowest BCUT2D eigenvalue weighted by Crippen LogP contribution is -2.40. The number of hydrogen-bond donors (Lipinski definition) is 2. The molecule has 3 rings (SSSR count). The van der Waals surface area contributed by atoms with Gasteiger partial charge in [0.15, 0.2) is 0 Å². The van der Waals surface area contributed by atoms with Gasteiger partial charge in [0.25, 0.3) is 5.91 Å². The molecule has 1 heterocycles. The SMILES string of the molecule is O=C(CNc1ccc(C(=O)N2CCOCC2)c(Cl)c1)Nc1cccc(Cl)c1. The maximum atomic E-state index is 12.5. The number of morpholine rings is 1. The molecule has 6 nitrogen and oxygen atoms in total. The Kier molecular flexibility index (Phi) is 6.55. The number of ether oxygens (including phenoxy) is 1. The number of carbonyl (C=O) groups excluding carboxylic acids is 2. The Bertz CT molecular complexity index is 839. The minimum atomic E-state index is -0.221. The van der Waals surface area contributed by atoms with E-state index in [9.17, 15) is 9.59 Å². The Hall–Kier alpha value is -2.28. The average molecular weight is 408 g/mol. The number of halogens is 2. The molecule has 0 bridgehead atoms. The van der Waals surface area contributed by atoms with E-state index in [1.54, 1.807) is 47.4 Å². The molecule has 1 aliphatic rings. The first-order chi connectivity index (χ1) is 13.0. The highest BCUT2D eigenvalue weighted by atomic mass is 35.5. The van der Waals surface area contributed by atoms with Crippen molar-refractivity contribution in [3.8, 4) is 0 Å². The quantitative estimate of drug-likeness (QED) is 0.795. The van der Waals surface area contributed by atoms with Crippen LogP contribution in [0.3, 0.4) is 0 Å². The molecule has 2 amide bonds. The molecule has 0 saturated carbocycles. The van der Waals surface area contributed by atoms with Crippen LogP contribution in [0.4, 0.5) is 11.4 Å². The standard InChI is InChI=1S/C19H19Cl2N3O3/c20-13-2-1-3-15(10-13)23-18(25)12-22-14-4-5-16(17(21)11-14)19(26)24-6-8-27-9-7-24/h1-5,10-11,22H,6-9,12H2,(H,23,25). The largest absolute Gasteiger partial charge is 0.378 e. The average Bonchev–Trinajstić information content (AvgIpc) is 2.67. The second-order valence-electron chi connectivity index (χ2n) is 6.01. The summed E-state index contributed by atoms with van der Waals surface area (Å²) in [5.74, 6) is -0.338. The third-order valence-electron chi connectivity index (χ3n) is 4.06. The van der Waals surface area contributed by atoms with Crippen molar-refractivity contribution in [1.29, 1.82) is 0 Å². The van der Waals surface area contributed by atoms with Crippen molar-refractivity contribution < 1.29 is 14.3 Å². The van der Waals surface area contributed by atoms with Crippen LogP contribution in [0.25, 0.3) is 0 Å². The van der Waals surface area contributed by atoms with E-state index in [-0.39, 0.29) is 18.4 Å². The highest BCUT2D eigenvalue weighted by Crippen LogP contribution is 2.23. The monoisotopic (exact) mass is 407 g/mol. The van der Waals surface area contributed by atoms with Gasteiger partial charge >= 0.3 is 0 Å². The van der Waals surface area contributed by atoms with Crippen LogP contribution in [0.15, 0.2) is 42.5 Å². The fourth-order valence-corrected chi connectivity index (χ4v) is 3.14. The molecule has 0 aliphatic carbocycles. The number of hydrogen-bond acceptors (Lipinski definition) is 4. The molecule has 0 radical (unpaired) electrons. The molecule has 2 aromatic rings. The predicted molar refractivity (Wildman–Crippen MR) is 107 cm³/mol. The van der Waals surface area contributed by atoms with Crippen LogP contribution < -0.4 is 10.6 Å². The number of amides is 2. The summed E-state index contributed by atoms with van der Waals surface area (Å²) in [5.41, 5.74) is 1.71. The summed E-state index contributed by atoms with van der Waals surface area (Å²) in [4.78, 5) is 26.3. The number of carbonyl (C=O) groups is 2. The summed E-state index contributed by atoms with van der Waals surface area (Å²) in [6.07, 6.45) is 0. The third-order valence-corrected chi connectivity index (χ3v) is 4.61. The van der Waals surface area contributed by atoms with E-state index in [1.165, 1.54) is 0 Å². The molecule has 1 saturated heterocycles. The normalized spacial score (nSPS) is 13.9. The lowest BCUT2D eigenvalue weighted by molar-refractivity contribution is -0.114. The van der Waals surface area contributed by atoms with Crippen LogP contribution in [-0.2, 0) is 9.53 Å². The van der Waals surface area contributed by atoms with Crippen molar-refractivity contribution in [1.82, 2.24) is 4.90 Å². The molecular weight excluding hydrogens is 389 g/mol. The lowest BCUT2D eigenvalue weighted by atomic mass is 10.1. The van der Waals surface area contributed by atoms with Crippen molar-refractivity contribution in [2.75, 3.05) is 43.5 Å². The van der Waals surface area contributed by atoms with Gasteiger partial charge in [-0.1, -0.05) is 29.3 Å². The van der Waals surface area contributed by atoms with Gasteiger partial charge < -0.3 is 20.3 Å². The van der Waals surface area contributed by atoms with Crippen LogP contribution in [0, 0.1) is 0 Å². The Morgan fingerprint density at radius 3 is 2.52 bits per heavy atom. The fourth-order valence-electron chi connectivity index (χ4n) is 2.69. The Morgan fingerprint density at radius 2 is 1.81 bits per heavy atom. The van der Waals surface area contributed by atoms with Crippen molar-refractivity contribution in [3.63, 3.8) is 0 Å². The smallest absolute Gasteiger partial charge is 0.255 e. The highest BCUT2D eigenvalue weighted by Gasteiger charge is 2.20. The summed E-state index contributed by atoms with van der Waals surface area (Å²) in [6.45, 7) is 2.23. The van der Waals surface area contributed by atoms with Gasteiger partial charge in [-0.05, 0) is 36.4 Å². The zero-order chi connectivity index (χ0) is 19.2.